The molecule has 49 heavy (non-hydrogen) atoms. The summed E-state index contributed by atoms with van der Waals surface area (Å²) in [6.07, 6.45) is 20.5. The normalized spacial score (nSPS) is 46.7. The lowest BCUT2D eigenvalue weighted by atomic mass is 9.55. The Morgan fingerprint density at radius 2 is 1.08 bits per heavy atom. The van der Waals surface area contributed by atoms with Crippen molar-refractivity contribution in [2.45, 2.75) is 138 Å². The fraction of sp³-hybridized carbons (Fsp3) is 0.902. The van der Waals surface area contributed by atoms with Gasteiger partial charge in [0.25, 0.3) is 0 Å². The highest BCUT2D eigenvalue weighted by atomic mass is 31.1. The van der Waals surface area contributed by atoms with Crippen LogP contribution in [-0.2, 0) is 0 Å². The van der Waals surface area contributed by atoms with Gasteiger partial charge in [0.2, 0.25) is 0 Å². The zero-order valence-corrected chi connectivity index (χ0v) is 36.2. The predicted molar refractivity (Wildman–Crippen MR) is 221 cm³/mol. The smallest absolute Gasteiger partial charge is 0.0732 e. The third-order valence-electron chi connectivity index (χ3n) is 16.2. The van der Waals surface area contributed by atoms with Gasteiger partial charge in [-0.2, -0.15) is 0 Å². The Balaban J connectivity index is 1.19. The summed E-state index contributed by atoms with van der Waals surface area (Å²) in [5.74, 6) is 8.57. The molecule has 8 heteroatoms. The largest absolute Gasteiger partial charge is 0.314 e. The minimum atomic E-state index is -1.62. The highest BCUT2D eigenvalue weighted by Crippen LogP contribution is 2.72. The first-order valence-electron chi connectivity index (χ1n) is 21.3. The molecule has 2 saturated heterocycles. The topological polar surface area (TPSA) is 48.1 Å². The van der Waals surface area contributed by atoms with Gasteiger partial charge in [-0.1, -0.05) is 58.5 Å². The quantitative estimate of drug-likeness (QED) is 0.145. The molecule has 0 spiro atoms. The average Bonchev–Trinajstić information content (AvgIpc) is 3.45. The van der Waals surface area contributed by atoms with Gasteiger partial charge >= 0.3 is 0 Å². The molecule has 0 aromatic heterocycles. The van der Waals surface area contributed by atoms with Gasteiger partial charge in [-0.25, -0.2) is 0 Å². The number of allylic oxidation sites excluding steroid dienone is 3. The molecule has 0 aromatic rings. The Morgan fingerprint density at radius 1 is 0.653 bits per heavy atom. The van der Waals surface area contributed by atoms with Crippen LogP contribution >= 0.6 is 17.2 Å². The minimum Gasteiger partial charge on any atom is -0.314 e. The van der Waals surface area contributed by atoms with E-state index in [0.717, 1.165) is 97.9 Å². The Hall–Kier alpha value is 0.614. The maximum atomic E-state index is 4.14. The lowest BCUT2D eigenvalue weighted by Crippen LogP contribution is -2.69. The molecule has 2 heterocycles. The van der Waals surface area contributed by atoms with Crippen LogP contribution in [0.1, 0.15) is 64.2 Å². The molecule has 4 unspecified atom stereocenters. The number of piperazine rings is 2. The van der Waals surface area contributed by atoms with Crippen molar-refractivity contribution in [1.29, 1.82) is 0 Å². The average molecular weight is 739 g/mol. The van der Waals surface area contributed by atoms with Gasteiger partial charge in [0, 0.05) is 56.5 Å². The van der Waals surface area contributed by atoms with Gasteiger partial charge in [-0.05, 0) is 146 Å². The highest BCUT2D eigenvalue weighted by molar-refractivity contribution is 7.59. The van der Waals surface area contributed by atoms with Crippen LogP contribution in [0.4, 0.5) is 0 Å². The zero-order chi connectivity index (χ0) is 33.9. The number of hydrogen-bond acceptors (Lipinski definition) is 4. The standard InChI is InChI=1S/C41H72N4P2Si2/c1-48(2,3)35-21-34(41(46,36-22-42-7-9-44-36)37-23-43-8-10-45-37)33(40(35)49(4,5)6)24-47(38-29-13-25-11-26(15-29)16-30(38)14-25)39-31-17-27-12-28(19-31)20-32(39)18-27/h21,25-32,35-39,42-45H,7-20,22-24,46H2,1-6H3. The summed E-state index contributed by atoms with van der Waals surface area (Å²) >= 11 is 0. The van der Waals surface area contributed by atoms with Crippen LogP contribution in [0, 0.1) is 47.3 Å². The molecule has 11 aliphatic rings. The number of rotatable bonds is 9. The Bertz CT molecular complexity index is 1210. The van der Waals surface area contributed by atoms with Gasteiger partial charge in [0.1, 0.15) is 0 Å². The van der Waals surface area contributed by atoms with Crippen LogP contribution in [0.5, 0.6) is 0 Å². The third-order valence-corrected chi connectivity index (χ3v) is 26.1. The van der Waals surface area contributed by atoms with E-state index < -0.39 is 16.1 Å². The molecule has 8 saturated carbocycles. The van der Waals surface area contributed by atoms with Crippen molar-refractivity contribution >= 4 is 33.3 Å². The van der Waals surface area contributed by atoms with E-state index in [1.807, 2.05) is 16.3 Å². The van der Waals surface area contributed by atoms with Crippen molar-refractivity contribution in [3.8, 4) is 0 Å². The van der Waals surface area contributed by atoms with E-state index >= 15 is 0 Å². The Labute approximate surface area is 306 Å². The molecular weight excluding hydrogens is 667 g/mol. The van der Waals surface area contributed by atoms with E-state index in [1.165, 1.54) is 6.16 Å². The molecule has 10 fully saturated rings. The first kappa shape index (κ1) is 35.3. The molecule has 4 atom stereocenters. The molecule has 9 aliphatic carbocycles. The minimum absolute atomic E-state index is 0.00932. The van der Waals surface area contributed by atoms with Crippen LogP contribution in [0.15, 0.2) is 22.4 Å². The second-order valence-electron chi connectivity index (χ2n) is 21.4. The fourth-order valence-corrected chi connectivity index (χ4v) is 26.9. The fourth-order valence-electron chi connectivity index (χ4n) is 14.9. The highest BCUT2D eigenvalue weighted by Gasteiger charge is 2.59. The maximum absolute atomic E-state index is 4.14. The zero-order valence-electron chi connectivity index (χ0n) is 32.1. The second kappa shape index (κ2) is 13.1. The van der Waals surface area contributed by atoms with E-state index in [4.69, 9.17) is 0 Å². The van der Waals surface area contributed by atoms with Crippen molar-refractivity contribution in [3.63, 3.8) is 0 Å². The molecule has 2 aliphatic heterocycles. The molecule has 0 aromatic carbocycles. The van der Waals surface area contributed by atoms with E-state index in [2.05, 4.69) is 75.9 Å². The van der Waals surface area contributed by atoms with Crippen molar-refractivity contribution < 1.29 is 0 Å². The van der Waals surface area contributed by atoms with Crippen LogP contribution in [0.3, 0.4) is 0 Å². The van der Waals surface area contributed by atoms with E-state index in [9.17, 15) is 0 Å². The first-order valence-corrected chi connectivity index (χ1v) is 30.6. The molecule has 4 N–H and O–H groups in total. The van der Waals surface area contributed by atoms with E-state index in [-0.39, 0.29) is 13.1 Å². The number of hydrogen-bond donors (Lipinski definition) is 4. The van der Waals surface area contributed by atoms with Crippen LogP contribution in [0.25, 0.3) is 0 Å². The predicted octanol–water partition coefficient (Wildman–Crippen LogP) is 7.68. The van der Waals surface area contributed by atoms with E-state index in [1.54, 1.807) is 64.2 Å². The summed E-state index contributed by atoms with van der Waals surface area (Å²) in [4.78, 5) is 0. The van der Waals surface area contributed by atoms with Crippen LogP contribution < -0.4 is 21.3 Å². The molecular formula is C41H72N4P2Si2. The van der Waals surface area contributed by atoms with Crippen LogP contribution in [0.2, 0.25) is 44.8 Å². The molecule has 0 amide bonds. The lowest BCUT2D eigenvalue weighted by molar-refractivity contribution is 0.0131. The SMILES string of the molecule is C[Si](C)(C)C1=C(CP(C2C3CC4CC(C3)CC2C4)C2C3CC4CC(C3)CC2C4)C(C(P)(C2CNCCN2)C2CNCCN2)=CC1[Si](C)(C)C. The second-order valence-corrected chi connectivity index (χ2v) is 35.3. The van der Waals surface area contributed by atoms with Gasteiger partial charge in [0.05, 0.1) is 16.1 Å². The third kappa shape index (κ3) is 6.19. The summed E-state index contributed by atoms with van der Waals surface area (Å²) in [7, 11) is 0.468. The van der Waals surface area contributed by atoms with Crippen molar-refractivity contribution in [3.05, 3.63) is 22.4 Å². The molecule has 11 rings (SSSR count). The van der Waals surface area contributed by atoms with Crippen LogP contribution in [-0.4, -0.2) is 90.1 Å². The summed E-state index contributed by atoms with van der Waals surface area (Å²) in [6.45, 7) is 22.9. The van der Waals surface area contributed by atoms with Gasteiger partial charge in [-0.15, -0.1) is 9.24 Å². The van der Waals surface area contributed by atoms with E-state index in [0.29, 0.717) is 17.6 Å². The summed E-state index contributed by atoms with van der Waals surface area (Å²) in [5, 5.41) is 18.0. The Morgan fingerprint density at radius 3 is 1.43 bits per heavy atom. The Kier molecular flexibility index (Phi) is 9.47. The van der Waals surface area contributed by atoms with Crippen molar-refractivity contribution in [1.82, 2.24) is 21.3 Å². The summed E-state index contributed by atoms with van der Waals surface area (Å²) in [5.41, 5.74) is 6.61. The van der Waals surface area contributed by atoms with Gasteiger partial charge in [-0.3, -0.25) is 0 Å². The van der Waals surface area contributed by atoms with Gasteiger partial charge < -0.3 is 21.3 Å². The molecule has 8 bridgehead atoms. The molecule has 0 radical (unpaired) electrons. The first-order chi connectivity index (χ1) is 23.4. The summed E-state index contributed by atoms with van der Waals surface area (Å²) in [6, 6.07) is 0.864. The van der Waals surface area contributed by atoms with Gasteiger partial charge in [0.15, 0.2) is 0 Å². The molecule has 4 nitrogen and oxygen atoms in total. The van der Waals surface area contributed by atoms with Crippen molar-refractivity contribution in [2.75, 3.05) is 45.4 Å². The summed E-state index contributed by atoms with van der Waals surface area (Å²) < 4.78 is 0. The number of nitrogens with one attached hydrogen (secondary N) is 4. The maximum Gasteiger partial charge on any atom is 0.0732 e. The lowest BCUT2D eigenvalue weighted by Gasteiger charge is -2.62. The molecule has 274 valence electrons. The van der Waals surface area contributed by atoms with Crippen molar-refractivity contribution in [2.24, 2.45) is 47.3 Å². The monoisotopic (exact) mass is 738 g/mol.